The van der Waals surface area contributed by atoms with Crippen LogP contribution in [0.25, 0.3) is 11.1 Å². The fourth-order valence-corrected chi connectivity index (χ4v) is 5.06. The number of ether oxygens (including phenoxy) is 3. The summed E-state index contributed by atoms with van der Waals surface area (Å²) in [6, 6.07) is 18.5. The van der Waals surface area contributed by atoms with Gasteiger partial charge in [0, 0.05) is 30.3 Å². The van der Waals surface area contributed by atoms with Crippen LogP contribution in [0, 0.1) is 18.6 Å². The summed E-state index contributed by atoms with van der Waals surface area (Å²) in [5, 5.41) is 3.31. The predicted octanol–water partition coefficient (Wildman–Crippen LogP) is 6.91. The average molecular weight is 573 g/mol. The number of nitrogens with one attached hydrogen (secondary N) is 1. The molecule has 0 fully saturated rings. The molecule has 1 N–H and O–H groups in total. The number of rotatable bonds is 7. The van der Waals surface area contributed by atoms with Gasteiger partial charge < -0.3 is 24.4 Å². The quantitative estimate of drug-likeness (QED) is 0.192. The average Bonchev–Trinajstić information content (AvgIpc) is 2.96. The lowest BCUT2D eigenvalue weighted by molar-refractivity contribution is -0.121. The number of fused-ring (bicyclic) bond motifs is 1. The zero-order valence-corrected chi connectivity index (χ0v) is 23.9. The van der Waals surface area contributed by atoms with Crippen molar-refractivity contribution in [2.45, 2.75) is 32.9 Å². The number of nitrogens with zero attached hydrogens (tertiary/aromatic N) is 1. The van der Waals surface area contributed by atoms with Crippen molar-refractivity contribution in [1.29, 1.82) is 0 Å². The minimum absolute atomic E-state index is 0.00963. The first-order chi connectivity index (χ1) is 20.0. The van der Waals surface area contributed by atoms with Gasteiger partial charge in [-0.15, -0.1) is 0 Å². The lowest BCUT2D eigenvalue weighted by atomic mass is 9.91. The van der Waals surface area contributed by atoms with Crippen LogP contribution in [-0.4, -0.2) is 31.6 Å². The van der Waals surface area contributed by atoms with Gasteiger partial charge >= 0.3 is 5.97 Å². The maximum absolute atomic E-state index is 14.1. The Labute approximate surface area is 242 Å². The molecule has 0 atom stereocenters. The molecule has 1 heterocycles. The number of hydrogen-bond donors (Lipinski definition) is 1. The molecule has 0 aliphatic carbocycles. The van der Waals surface area contributed by atoms with Crippen molar-refractivity contribution in [3.8, 4) is 28.4 Å². The first kappa shape index (κ1) is 28.6. The van der Waals surface area contributed by atoms with Crippen molar-refractivity contribution in [3.63, 3.8) is 0 Å². The molecule has 0 radical (unpaired) electrons. The molecule has 1 amide bonds. The number of esters is 1. The molecule has 4 aromatic rings. The highest BCUT2D eigenvalue weighted by Gasteiger charge is 2.38. The lowest BCUT2D eigenvalue weighted by Gasteiger charge is -2.39. The second kappa shape index (κ2) is 11.2. The van der Waals surface area contributed by atoms with Crippen molar-refractivity contribution in [1.82, 2.24) is 0 Å². The summed E-state index contributed by atoms with van der Waals surface area (Å²) < 4.78 is 45.4. The molecular formula is C33H30F2N2O5. The van der Waals surface area contributed by atoms with Gasteiger partial charge in [-0.05, 0) is 68.3 Å². The number of halogens is 2. The van der Waals surface area contributed by atoms with Crippen molar-refractivity contribution < 1.29 is 32.6 Å². The Bertz CT molecular complexity index is 1700. The van der Waals surface area contributed by atoms with Crippen LogP contribution in [0.3, 0.4) is 0 Å². The summed E-state index contributed by atoms with van der Waals surface area (Å²) in [6.45, 7) is 5.44. The Hall–Kier alpha value is -4.92. The van der Waals surface area contributed by atoms with Gasteiger partial charge in [0.25, 0.3) is 5.91 Å². The zero-order chi connectivity index (χ0) is 30.2. The molecule has 1 aliphatic rings. The standard InChI is InChI=1S/C33H30F2N2O5/c1-19-10-11-20(34)16-28(19)41-18-25-22(14-15-27-30(25)37(4)32(39)33(2,3)36-27)23-13-12-21(17-29(23)40-5)42-31(38)24-8-6-7-9-26(24)35/h6-17,36H,18H2,1-5H3. The molecule has 0 saturated carbocycles. The second-order valence-electron chi connectivity index (χ2n) is 10.5. The smallest absolute Gasteiger partial charge is 0.346 e. The number of methoxy groups -OCH3 is 1. The largest absolute Gasteiger partial charge is 0.496 e. The molecule has 0 saturated heterocycles. The van der Waals surface area contributed by atoms with Crippen LogP contribution in [0.4, 0.5) is 20.2 Å². The van der Waals surface area contributed by atoms with E-state index in [9.17, 15) is 18.4 Å². The van der Waals surface area contributed by atoms with Gasteiger partial charge in [-0.1, -0.05) is 24.3 Å². The van der Waals surface area contributed by atoms with E-state index in [-0.39, 0.29) is 23.8 Å². The van der Waals surface area contributed by atoms with E-state index in [2.05, 4.69) is 5.32 Å². The highest BCUT2D eigenvalue weighted by atomic mass is 19.1. The third-order valence-electron chi connectivity index (χ3n) is 7.19. The van der Waals surface area contributed by atoms with E-state index < -0.39 is 23.1 Å². The Morgan fingerprint density at radius 3 is 2.43 bits per heavy atom. The van der Waals surface area contributed by atoms with Crippen LogP contribution in [0.15, 0.2) is 72.8 Å². The third kappa shape index (κ3) is 5.37. The topological polar surface area (TPSA) is 77.1 Å². The van der Waals surface area contributed by atoms with Crippen LogP contribution in [0.2, 0.25) is 0 Å². The van der Waals surface area contributed by atoms with E-state index in [4.69, 9.17) is 14.2 Å². The molecule has 7 nitrogen and oxygen atoms in total. The van der Waals surface area contributed by atoms with Gasteiger partial charge in [0.05, 0.1) is 24.0 Å². The number of benzene rings is 4. The molecule has 42 heavy (non-hydrogen) atoms. The van der Waals surface area contributed by atoms with E-state index in [0.717, 1.165) is 11.3 Å². The van der Waals surface area contributed by atoms with Gasteiger partial charge in [0.1, 0.15) is 41.0 Å². The Morgan fingerprint density at radius 2 is 1.69 bits per heavy atom. The van der Waals surface area contributed by atoms with E-state index in [1.165, 1.54) is 43.5 Å². The highest BCUT2D eigenvalue weighted by Crippen LogP contribution is 2.45. The van der Waals surface area contributed by atoms with E-state index in [1.54, 1.807) is 50.1 Å². The Kier molecular flexibility index (Phi) is 7.60. The molecule has 4 aromatic carbocycles. The summed E-state index contributed by atoms with van der Waals surface area (Å²) in [4.78, 5) is 27.5. The van der Waals surface area contributed by atoms with E-state index in [0.29, 0.717) is 33.9 Å². The molecule has 9 heteroatoms. The number of likely N-dealkylation sites (N-methyl/N-ethyl adjacent to an activating group) is 1. The first-order valence-corrected chi connectivity index (χ1v) is 13.3. The van der Waals surface area contributed by atoms with Crippen LogP contribution in [-0.2, 0) is 11.4 Å². The Morgan fingerprint density at radius 1 is 0.952 bits per heavy atom. The van der Waals surface area contributed by atoms with Crippen molar-refractivity contribution >= 4 is 23.3 Å². The van der Waals surface area contributed by atoms with Gasteiger partial charge in [-0.2, -0.15) is 0 Å². The fraction of sp³-hybridized carbons (Fsp3) is 0.212. The highest BCUT2D eigenvalue weighted by molar-refractivity contribution is 6.08. The van der Waals surface area contributed by atoms with Crippen LogP contribution >= 0.6 is 0 Å². The summed E-state index contributed by atoms with van der Waals surface area (Å²) >= 11 is 0. The third-order valence-corrected chi connectivity index (χ3v) is 7.19. The molecule has 1 aliphatic heterocycles. The van der Waals surface area contributed by atoms with Crippen LogP contribution < -0.4 is 24.4 Å². The maximum atomic E-state index is 14.1. The molecule has 0 aromatic heterocycles. The molecular weight excluding hydrogens is 542 g/mol. The van der Waals surface area contributed by atoms with Gasteiger partial charge in [-0.3, -0.25) is 4.79 Å². The second-order valence-corrected chi connectivity index (χ2v) is 10.5. The number of carbonyl (C=O) groups excluding carboxylic acids is 2. The summed E-state index contributed by atoms with van der Waals surface area (Å²) in [5.74, 6) is -1.19. The lowest BCUT2D eigenvalue weighted by Crippen LogP contribution is -2.52. The summed E-state index contributed by atoms with van der Waals surface area (Å²) in [5.41, 5.74) is 3.05. The van der Waals surface area contributed by atoms with Crippen molar-refractivity contribution in [3.05, 3.63) is 101 Å². The van der Waals surface area contributed by atoms with E-state index in [1.807, 2.05) is 19.1 Å². The van der Waals surface area contributed by atoms with Gasteiger partial charge in [0.15, 0.2) is 0 Å². The van der Waals surface area contributed by atoms with Crippen LogP contribution in [0.5, 0.6) is 17.2 Å². The van der Waals surface area contributed by atoms with Crippen LogP contribution in [0.1, 0.15) is 35.3 Å². The number of anilines is 2. The normalized spacial score (nSPS) is 13.7. The molecule has 216 valence electrons. The fourth-order valence-electron chi connectivity index (χ4n) is 5.06. The van der Waals surface area contributed by atoms with Crippen molar-refractivity contribution in [2.24, 2.45) is 0 Å². The molecule has 0 spiro atoms. The molecule has 5 rings (SSSR count). The predicted molar refractivity (Wildman–Crippen MR) is 156 cm³/mol. The van der Waals surface area contributed by atoms with Gasteiger partial charge in [-0.25, -0.2) is 13.6 Å². The zero-order valence-electron chi connectivity index (χ0n) is 23.9. The summed E-state index contributed by atoms with van der Waals surface area (Å²) in [6.07, 6.45) is 0. The van der Waals surface area contributed by atoms with Crippen molar-refractivity contribution in [2.75, 3.05) is 24.4 Å². The number of amides is 1. The minimum atomic E-state index is -0.843. The number of aryl methyl sites for hydroxylation is 1. The minimum Gasteiger partial charge on any atom is -0.496 e. The molecule has 0 bridgehead atoms. The maximum Gasteiger partial charge on any atom is 0.346 e. The van der Waals surface area contributed by atoms with E-state index >= 15 is 0 Å². The molecule has 0 unspecified atom stereocenters. The summed E-state index contributed by atoms with van der Waals surface area (Å²) in [7, 11) is 3.18. The monoisotopic (exact) mass is 572 g/mol. The number of carbonyl (C=O) groups is 2. The Balaban J connectivity index is 1.58. The first-order valence-electron chi connectivity index (χ1n) is 13.3. The van der Waals surface area contributed by atoms with Gasteiger partial charge in [0.2, 0.25) is 0 Å². The SMILES string of the molecule is COc1cc(OC(=O)c2ccccc2F)ccc1-c1ccc2c(c1COc1cc(F)ccc1C)N(C)C(=O)C(C)(C)N2. The number of hydrogen-bond acceptors (Lipinski definition) is 6.